The molecule has 0 fully saturated rings. The summed E-state index contributed by atoms with van der Waals surface area (Å²) in [6, 6.07) is 14.1. The Morgan fingerprint density at radius 3 is 2.24 bits per heavy atom. The van der Waals surface area contributed by atoms with Crippen molar-refractivity contribution in [3.05, 3.63) is 65.7 Å². The lowest BCUT2D eigenvalue weighted by Gasteiger charge is -2.19. The zero-order chi connectivity index (χ0) is 24.1. The fraction of sp³-hybridized carbons (Fsp3) is 0.304. The number of carbonyl (C=O) groups is 4. The molecule has 10 heteroatoms. The van der Waals surface area contributed by atoms with E-state index in [0.717, 1.165) is 5.56 Å². The summed E-state index contributed by atoms with van der Waals surface area (Å²) in [6.07, 6.45) is -0.685. The second kappa shape index (κ2) is 13.4. The second-order valence-corrected chi connectivity index (χ2v) is 6.93. The summed E-state index contributed by atoms with van der Waals surface area (Å²) in [6.45, 7) is 1.11. The van der Waals surface area contributed by atoms with E-state index in [1.54, 1.807) is 31.2 Å². The van der Waals surface area contributed by atoms with E-state index in [1.165, 1.54) is 12.1 Å². The fourth-order valence-corrected chi connectivity index (χ4v) is 2.74. The Balaban J connectivity index is 1.89. The van der Waals surface area contributed by atoms with E-state index in [2.05, 4.69) is 16.0 Å². The summed E-state index contributed by atoms with van der Waals surface area (Å²) < 4.78 is 9.82. The molecule has 0 spiro atoms. The molecule has 2 aromatic rings. The van der Waals surface area contributed by atoms with Gasteiger partial charge in [0.15, 0.2) is 0 Å². The highest BCUT2D eigenvalue weighted by Gasteiger charge is 2.22. The molecule has 4 N–H and O–H groups in total. The third-order valence-corrected chi connectivity index (χ3v) is 4.35. The van der Waals surface area contributed by atoms with Gasteiger partial charge in [-0.15, -0.1) is 0 Å². The van der Waals surface area contributed by atoms with Crippen molar-refractivity contribution in [2.75, 3.05) is 19.7 Å². The Kier molecular flexibility index (Phi) is 10.2. The molecule has 3 amide bonds. The first-order chi connectivity index (χ1) is 15.9. The van der Waals surface area contributed by atoms with Gasteiger partial charge >= 0.3 is 12.1 Å². The smallest absolute Gasteiger partial charge is 0.407 e. The average Bonchev–Trinajstić information content (AvgIpc) is 2.81. The molecule has 2 aromatic carbocycles. The molecule has 0 saturated heterocycles. The quantitative estimate of drug-likeness (QED) is 0.369. The molecule has 176 valence electrons. The maximum absolute atomic E-state index is 12.6. The number of carbonyl (C=O) groups excluding carboxylic acids is 4. The summed E-state index contributed by atoms with van der Waals surface area (Å²) in [4.78, 5) is 48.2. The third kappa shape index (κ3) is 9.72. The van der Waals surface area contributed by atoms with E-state index < -0.39 is 36.5 Å². The van der Waals surface area contributed by atoms with Crippen LogP contribution in [0.3, 0.4) is 0 Å². The number of benzene rings is 2. The zero-order valence-electron chi connectivity index (χ0n) is 18.2. The lowest BCUT2D eigenvalue weighted by Crippen LogP contribution is -2.51. The van der Waals surface area contributed by atoms with Gasteiger partial charge in [-0.3, -0.25) is 14.4 Å². The third-order valence-electron chi connectivity index (χ3n) is 4.35. The molecule has 0 aliphatic carbocycles. The van der Waals surface area contributed by atoms with Crippen LogP contribution in [0.4, 0.5) is 4.79 Å². The van der Waals surface area contributed by atoms with Crippen LogP contribution in [-0.2, 0) is 36.9 Å². The van der Waals surface area contributed by atoms with E-state index in [-0.39, 0.29) is 31.9 Å². The minimum absolute atomic E-state index is 0.0496. The van der Waals surface area contributed by atoms with Crippen molar-refractivity contribution in [2.24, 2.45) is 0 Å². The summed E-state index contributed by atoms with van der Waals surface area (Å²) in [5, 5.41) is 16.7. The van der Waals surface area contributed by atoms with Gasteiger partial charge in [-0.1, -0.05) is 42.5 Å². The van der Waals surface area contributed by atoms with Crippen molar-refractivity contribution in [3.8, 4) is 5.75 Å². The van der Waals surface area contributed by atoms with E-state index in [1.807, 2.05) is 18.2 Å². The van der Waals surface area contributed by atoms with Gasteiger partial charge in [0.05, 0.1) is 6.61 Å². The Morgan fingerprint density at radius 1 is 0.879 bits per heavy atom. The number of ether oxygens (including phenoxy) is 2. The Labute approximate surface area is 191 Å². The molecule has 0 heterocycles. The zero-order valence-corrected chi connectivity index (χ0v) is 18.2. The van der Waals surface area contributed by atoms with Crippen molar-refractivity contribution >= 4 is 23.9 Å². The topological polar surface area (TPSA) is 143 Å². The molecular formula is C23H27N3O7. The number of esters is 1. The summed E-state index contributed by atoms with van der Waals surface area (Å²) >= 11 is 0. The minimum Gasteiger partial charge on any atom is -0.508 e. The van der Waals surface area contributed by atoms with E-state index in [0.29, 0.717) is 5.56 Å². The Morgan fingerprint density at radius 2 is 1.58 bits per heavy atom. The molecule has 0 aliphatic heterocycles. The molecule has 33 heavy (non-hydrogen) atoms. The lowest BCUT2D eigenvalue weighted by molar-refractivity contribution is -0.143. The standard InChI is InChI=1S/C23H27N3O7/c1-2-32-21(29)14-24-22(30)19(12-16-8-10-18(27)11-9-16)26-20(28)13-25-23(31)33-15-17-6-4-3-5-7-17/h3-11,19,27H,2,12-15H2,1H3,(H,24,30)(H,25,31)(H,26,28)/t19-/m0/s1. The van der Waals surface area contributed by atoms with Crippen LogP contribution < -0.4 is 16.0 Å². The first-order valence-corrected chi connectivity index (χ1v) is 10.3. The highest BCUT2D eigenvalue weighted by Crippen LogP contribution is 2.11. The first-order valence-electron chi connectivity index (χ1n) is 10.3. The molecule has 0 unspecified atom stereocenters. The van der Waals surface area contributed by atoms with Gasteiger partial charge in [0.2, 0.25) is 11.8 Å². The van der Waals surface area contributed by atoms with Crippen molar-refractivity contribution in [1.29, 1.82) is 0 Å². The van der Waals surface area contributed by atoms with Crippen molar-refractivity contribution in [1.82, 2.24) is 16.0 Å². The number of aromatic hydroxyl groups is 1. The van der Waals surface area contributed by atoms with E-state index in [4.69, 9.17) is 9.47 Å². The van der Waals surface area contributed by atoms with Gasteiger partial charge in [-0.25, -0.2) is 4.79 Å². The van der Waals surface area contributed by atoms with Gasteiger partial charge in [-0.2, -0.15) is 0 Å². The van der Waals surface area contributed by atoms with Crippen LogP contribution in [0.1, 0.15) is 18.1 Å². The largest absolute Gasteiger partial charge is 0.508 e. The number of hydrogen-bond donors (Lipinski definition) is 4. The summed E-state index contributed by atoms with van der Waals surface area (Å²) in [5.41, 5.74) is 1.46. The van der Waals surface area contributed by atoms with Crippen LogP contribution in [0.15, 0.2) is 54.6 Å². The van der Waals surface area contributed by atoms with Crippen molar-refractivity contribution < 1.29 is 33.8 Å². The fourth-order valence-electron chi connectivity index (χ4n) is 2.74. The number of rotatable bonds is 11. The molecule has 1 atom stereocenters. The monoisotopic (exact) mass is 457 g/mol. The van der Waals surface area contributed by atoms with Crippen LogP contribution in [-0.4, -0.2) is 54.7 Å². The normalized spacial score (nSPS) is 11.1. The highest BCUT2D eigenvalue weighted by molar-refractivity contribution is 5.91. The van der Waals surface area contributed by atoms with Crippen LogP contribution in [0.5, 0.6) is 5.75 Å². The van der Waals surface area contributed by atoms with Crippen molar-refractivity contribution in [3.63, 3.8) is 0 Å². The van der Waals surface area contributed by atoms with Crippen LogP contribution in [0.2, 0.25) is 0 Å². The van der Waals surface area contributed by atoms with Gasteiger partial charge in [0.25, 0.3) is 0 Å². The number of phenols is 1. The second-order valence-electron chi connectivity index (χ2n) is 6.93. The summed E-state index contributed by atoms with van der Waals surface area (Å²) in [5.74, 6) is -1.77. The number of amides is 3. The summed E-state index contributed by atoms with van der Waals surface area (Å²) in [7, 11) is 0. The highest BCUT2D eigenvalue weighted by atomic mass is 16.5. The van der Waals surface area contributed by atoms with Crippen molar-refractivity contribution in [2.45, 2.75) is 26.0 Å². The van der Waals surface area contributed by atoms with E-state index >= 15 is 0 Å². The van der Waals surface area contributed by atoms with Gasteiger partial charge < -0.3 is 30.5 Å². The molecule has 0 aliphatic rings. The first kappa shape index (κ1) is 25.2. The van der Waals surface area contributed by atoms with Crippen LogP contribution in [0, 0.1) is 0 Å². The molecule has 0 bridgehead atoms. The predicted molar refractivity (Wildman–Crippen MR) is 118 cm³/mol. The van der Waals surface area contributed by atoms with Crippen LogP contribution >= 0.6 is 0 Å². The van der Waals surface area contributed by atoms with Gasteiger partial charge in [0, 0.05) is 6.42 Å². The maximum Gasteiger partial charge on any atom is 0.407 e. The lowest BCUT2D eigenvalue weighted by atomic mass is 10.0. The van der Waals surface area contributed by atoms with Crippen LogP contribution in [0.25, 0.3) is 0 Å². The maximum atomic E-state index is 12.6. The SMILES string of the molecule is CCOC(=O)CNC(=O)[C@H](Cc1ccc(O)cc1)NC(=O)CNC(=O)OCc1ccccc1. The number of alkyl carbamates (subject to hydrolysis) is 1. The molecular weight excluding hydrogens is 430 g/mol. The molecule has 10 nitrogen and oxygen atoms in total. The number of nitrogens with one attached hydrogen (secondary N) is 3. The Bertz CT molecular complexity index is 933. The molecule has 0 radical (unpaired) electrons. The molecule has 0 aromatic heterocycles. The van der Waals surface area contributed by atoms with Gasteiger partial charge in [0.1, 0.15) is 31.5 Å². The number of phenolic OH excluding ortho intramolecular Hbond substituents is 1. The minimum atomic E-state index is -1.03. The van der Waals surface area contributed by atoms with Gasteiger partial charge in [-0.05, 0) is 30.2 Å². The molecule has 2 rings (SSSR count). The number of hydrogen-bond acceptors (Lipinski definition) is 7. The average molecular weight is 457 g/mol. The van der Waals surface area contributed by atoms with E-state index in [9.17, 15) is 24.3 Å². The predicted octanol–water partition coefficient (Wildman–Crippen LogP) is 1.03. The molecule has 0 saturated carbocycles. The Hall–Kier alpha value is -4.08.